The molecule has 1 heterocycles. The Morgan fingerprint density at radius 3 is 1.90 bits per heavy atom. The maximum Gasteiger partial charge on any atom is 0.262 e. The van der Waals surface area contributed by atoms with Gasteiger partial charge >= 0.3 is 0 Å². The molecule has 2 aromatic carbocycles. The Labute approximate surface area is 251 Å². The molecule has 0 aromatic heterocycles. The van der Waals surface area contributed by atoms with E-state index in [4.69, 9.17) is 27.9 Å². The largest absolute Gasteiger partial charge is 0.481 e. The van der Waals surface area contributed by atoms with Gasteiger partial charge in [-0.05, 0) is 60.4 Å². The number of carbonyl (C=O) groups excluding carboxylic acids is 3. The van der Waals surface area contributed by atoms with Crippen molar-refractivity contribution in [2.24, 2.45) is 10.8 Å². The van der Waals surface area contributed by atoms with Crippen molar-refractivity contribution in [1.82, 2.24) is 4.90 Å². The van der Waals surface area contributed by atoms with E-state index in [2.05, 4.69) is 44.8 Å². The summed E-state index contributed by atoms with van der Waals surface area (Å²) in [6.45, 7) is 10.9. The number of amides is 1. The second-order valence-corrected chi connectivity index (χ2v) is 13.6. The van der Waals surface area contributed by atoms with Gasteiger partial charge in [-0.15, -0.1) is 0 Å². The van der Waals surface area contributed by atoms with E-state index in [0.717, 1.165) is 24.2 Å². The van der Waals surface area contributed by atoms with Crippen LogP contribution in [0.5, 0.6) is 5.75 Å². The molecule has 41 heavy (non-hydrogen) atoms. The molecule has 0 saturated carbocycles. The molecule has 0 spiro atoms. The van der Waals surface area contributed by atoms with Crippen molar-refractivity contribution in [2.75, 3.05) is 18.5 Å². The Morgan fingerprint density at radius 2 is 1.41 bits per heavy atom. The molecular formula is C33H36Cl2N2O4. The first-order valence-electron chi connectivity index (χ1n) is 14.1. The van der Waals surface area contributed by atoms with Crippen molar-refractivity contribution in [1.29, 1.82) is 0 Å². The standard InChI is InChI=1S/C33H36Cl2N2O4/c1-6-37-23-14-32(2,3)16-25(38)29(23)28(30-24(37)15-33(4,5)17-26(30)39)19-12-21(34)31(22(35)13-19)41-18-27(40)36-20-10-8-7-9-11-20/h7-13,28H,6,14-18H2,1-5H3,(H,36,40). The van der Waals surface area contributed by atoms with E-state index in [1.54, 1.807) is 24.3 Å². The van der Waals surface area contributed by atoms with E-state index in [1.807, 2.05) is 18.2 Å². The minimum absolute atomic E-state index is 0.0500. The van der Waals surface area contributed by atoms with E-state index in [1.165, 1.54) is 0 Å². The zero-order chi connectivity index (χ0) is 29.7. The molecule has 216 valence electrons. The fourth-order valence-corrected chi connectivity index (χ4v) is 7.12. The van der Waals surface area contributed by atoms with Crippen LogP contribution in [0.2, 0.25) is 10.0 Å². The highest BCUT2D eigenvalue weighted by Gasteiger charge is 2.48. The van der Waals surface area contributed by atoms with E-state index in [0.29, 0.717) is 41.8 Å². The summed E-state index contributed by atoms with van der Waals surface area (Å²) in [6, 6.07) is 12.5. The molecule has 1 N–H and O–H groups in total. The van der Waals surface area contributed by atoms with Gasteiger partial charge in [-0.2, -0.15) is 0 Å². The number of nitrogens with one attached hydrogen (secondary N) is 1. The summed E-state index contributed by atoms with van der Waals surface area (Å²) in [7, 11) is 0. The van der Waals surface area contributed by atoms with Crippen LogP contribution < -0.4 is 10.1 Å². The van der Waals surface area contributed by atoms with Crippen LogP contribution in [0.15, 0.2) is 65.0 Å². The SMILES string of the molecule is CCN1C2=C(C(=O)CC(C)(C)C2)C(c2cc(Cl)c(OCC(=O)Nc3ccccc3)c(Cl)c2)C2=C1CC(C)(C)CC2=O. The maximum atomic E-state index is 13.8. The number of halogens is 2. The predicted molar refractivity (Wildman–Crippen MR) is 162 cm³/mol. The number of ketones is 2. The number of carbonyl (C=O) groups is 3. The van der Waals surface area contributed by atoms with Crippen molar-refractivity contribution in [3.63, 3.8) is 0 Å². The Morgan fingerprint density at radius 1 is 0.902 bits per heavy atom. The maximum absolute atomic E-state index is 13.8. The molecular weight excluding hydrogens is 559 g/mol. The third-order valence-corrected chi connectivity index (χ3v) is 8.66. The molecule has 2 aliphatic carbocycles. The number of rotatable bonds is 6. The summed E-state index contributed by atoms with van der Waals surface area (Å²) < 4.78 is 5.75. The summed E-state index contributed by atoms with van der Waals surface area (Å²) in [4.78, 5) is 42.3. The van der Waals surface area contributed by atoms with Gasteiger partial charge in [0, 0.05) is 53.5 Å². The van der Waals surface area contributed by atoms with Crippen LogP contribution in [0.25, 0.3) is 0 Å². The van der Waals surface area contributed by atoms with Gasteiger partial charge in [-0.1, -0.05) is 69.1 Å². The molecule has 0 radical (unpaired) electrons. The number of benzene rings is 2. The Balaban J connectivity index is 1.54. The first-order valence-corrected chi connectivity index (χ1v) is 14.8. The highest BCUT2D eigenvalue weighted by atomic mass is 35.5. The number of para-hydroxylation sites is 1. The van der Waals surface area contributed by atoms with Gasteiger partial charge in [0.25, 0.3) is 5.91 Å². The molecule has 0 bridgehead atoms. The minimum Gasteiger partial charge on any atom is -0.481 e. The fourth-order valence-electron chi connectivity index (χ4n) is 6.50. The van der Waals surface area contributed by atoms with E-state index >= 15 is 0 Å². The van der Waals surface area contributed by atoms with Crippen LogP contribution in [0, 0.1) is 10.8 Å². The smallest absolute Gasteiger partial charge is 0.262 e. The van der Waals surface area contributed by atoms with E-state index in [9.17, 15) is 14.4 Å². The number of ether oxygens (including phenoxy) is 1. The van der Waals surface area contributed by atoms with Crippen LogP contribution >= 0.6 is 23.2 Å². The summed E-state index contributed by atoms with van der Waals surface area (Å²) in [6.07, 6.45) is 2.29. The lowest BCUT2D eigenvalue weighted by molar-refractivity contribution is -0.120. The van der Waals surface area contributed by atoms with E-state index in [-0.39, 0.29) is 50.7 Å². The van der Waals surface area contributed by atoms with Gasteiger partial charge < -0.3 is 15.0 Å². The lowest BCUT2D eigenvalue weighted by Crippen LogP contribution is -2.44. The van der Waals surface area contributed by atoms with Crippen molar-refractivity contribution < 1.29 is 19.1 Å². The molecule has 1 amide bonds. The lowest BCUT2D eigenvalue weighted by atomic mass is 9.63. The van der Waals surface area contributed by atoms with Crippen molar-refractivity contribution in [3.8, 4) is 5.75 Å². The van der Waals surface area contributed by atoms with Gasteiger partial charge in [0.1, 0.15) is 0 Å². The number of anilines is 1. The molecule has 8 heteroatoms. The quantitative estimate of drug-likeness (QED) is 0.370. The average Bonchev–Trinajstić information content (AvgIpc) is 2.86. The van der Waals surface area contributed by atoms with Crippen molar-refractivity contribution in [2.45, 2.75) is 66.2 Å². The molecule has 0 unspecified atom stereocenters. The molecule has 5 rings (SSSR count). The average molecular weight is 596 g/mol. The number of hydrogen-bond donors (Lipinski definition) is 1. The predicted octanol–water partition coefficient (Wildman–Crippen LogP) is 7.72. The van der Waals surface area contributed by atoms with Crippen LogP contribution in [-0.2, 0) is 14.4 Å². The van der Waals surface area contributed by atoms with Gasteiger partial charge in [0.2, 0.25) is 0 Å². The van der Waals surface area contributed by atoms with Gasteiger partial charge in [-0.3, -0.25) is 14.4 Å². The fraction of sp³-hybridized carbons (Fsp3) is 0.424. The Hall–Kier alpha value is -3.09. The van der Waals surface area contributed by atoms with Gasteiger partial charge in [-0.25, -0.2) is 0 Å². The number of allylic oxidation sites excluding steroid dienone is 4. The Kier molecular flexibility index (Phi) is 7.86. The second kappa shape index (κ2) is 11.0. The zero-order valence-electron chi connectivity index (χ0n) is 24.2. The first-order chi connectivity index (χ1) is 19.3. The van der Waals surface area contributed by atoms with Crippen LogP contribution in [0.4, 0.5) is 5.69 Å². The van der Waals surface area contributed by atoms with Crippen molar-refractivity contribution in [3.05, 3.63) is 80.6 Å². The third kappa shape index (κ3) is 5.82. The molecule has 2 aromatic rings. The van der Waals surface area contributed by atoms with Gasteiger partial charge in [0.05, 0.1) is 10.0 Å². The number of nitrogens with zero attached hydrogens (tertiary/aromatic N) is 1. The molecule has 0 atom stereocenters. The van der Waals surface area contributed by atoms with Crippen molar-refractivity contribution >= 4 is 46.4 Å². The number of Topliss-reactive ketones (excluding diaryl/α,β-unsaturated/α-hetero) is 2. The summed E-state index contributed by atoms with van der Waals surface area (Å²) >= 11 is 13.4. The summed E-state index contributed by atoms with van der Waals surface area (Å²) in [5.74, 6) is -0.625. The second-order valence-electron chi connectivity index (χ2n) is 12.8. The molecule has 0 saturated heterocycles. The third-order valence-electron chi connectivity index (χ3n) is 8.10. The Bertz CT molecular complexity index is 1410. The minimum atomic E-state index is -0.555. The lowest BCUT2D eigenvalue weighted by Gasteiger charge is -2.49. The summed E-state index contributed by atoms with van der Waals surface area (Å²) in [5, 5.41) is 3.20. The van der Waals surface area contributed by atoms with Gasteiger partial charge in [0.15, 0.2) is 23.9 Å². The molecule has 0 fully saturated rings. The molecule has 6 nitrogen and oxygen atoms in total. The monoisotopic (exact) mass is 594 g/mol. The van der Waals surface area contributed by atoms with E-state index < -0.39 is 5.92 Å². The molecule has 3 aliphatic rings. The van der Waals surface area contributed by atoms with Crippen LogP contribution in [-0.4, -0.2) is 35.5 Å². The van der Waals surface area contributed by atoms with Crippen LogP contribution in [0.3, 0.4) is 0 Å². The summed E-state index contributed by atoms with van der Waals surface area (Å²) in [5.41, 5.74) is 4.28. The normalized spacial score (nSPS) is 20.1. The molecule has 1 aliphatic heterocycles. The number of hydrogen-bond acceptors (Lipinski definition) is 5. The topological polar surface area (TPSA) is 75.7 Å². The highest BCUT2D eigenvalue weighted by Crippen LogP contribution is 2.55. The zero-order valence-corrected chi connectivity index (χ0v) is 25.7. The van der Waals surface area contributed by atoms with Crippen LogP contribution in [0.1, 0.15) is 71.8 Å². The first kappa shape index (κ1) is 29.4. The highest BCUT2D eigenvalue weighted by molar-refractivity contribution is 6.37.